The average Bonchev–Trinajstić information content (AvgIpc) is 3.21. The lowest BCUT2D eigenvalue weighted by atomic mass is 10.1. The van der Waals surface area contributed by atoms with Gasteiger partial charge in [-0.15, -0.1) is 11.3 Å². The van der Waals surface area contributed by atoms with Gasteiger partial charge in [0, 0.05) is 21.5 Å². The molecule has 0 unspecified atom stereocenters. The number of carbonyl (C=O) groups is 2. The number of ether oxygens (including phenoxy) is 1. The number of rotatable bonds is 4. The average molecular weight is 380 g/mol. The summed E-state index contributed by atoms with van der Waals surface area (Å²) >= 11 is 1.48. The van der Waals surface area contributed by atoms with Crippen LogP contribution in [0.15, 0.2) is 30.3 Å². The highest BCUT2D eigenvalue weighted by molar-refractivity contribution is 7.17. The number of carbonyl (C=O) groups excluding carboxylic acids is 2. The number of esters is 1. The summed E-state index contributed by atoms with van der Waals surface area (Å²) in [6.45, 7) is 4.02. The lowest BCUT2D eigenvalue weighted by Gasteiger charge is -2.08. The van der Waals surface area contributed by atoms with E-state index in [-0.39, 0.29) is 11.9 Å². The molecule has 4 rings (SSSR count). The zero-order valence-electron chi connectivity index (χ0n) is 15.3. The summed E-state index contributed by atoms with van der Waals surface area (Å²) in [5.74, 6) is -0.603. The molecular weight excluding hydrogens is 360 g/mol. The van der Waals surface area contributed by atoms with E-state index in [9.17, 15) is 9.59 Å². The van der Waals surface area contributed by atoms with E-state index < -0.39 is 0 Å². The van der Waals surface area contributed by atoms with Crippen LogP contribution in [0.2, 0.25) is 0 Å². The normalized spacial score (nSPS) is 12.8. The van der Waals surface area contributed by atoms with Gasteiger partial charge in [-0.25, -0.2) is 4.79 Å². The van der Waals surface area contributed by atoms with Crippen LogP contribution in [-0.2, 0) is 17.6 Å². The minimum atomic E-state index is -0.358. The number of anilines is 1. The number of benzene rings is 1. The summed E-state index contributed by atoms with van der Waals surface area (Å²) in [6.07, 6.45) is 2.84. The van der Waals surface area contributed by atoms with E-state index >= 15 is 0 Å². The maximum atomic E-state index is 12.8. The van der Waals surface area contributed by atoms with Crippen molar-refractivity contribution in [1.29, 1.82) is 0 Å². The summed E-state index contributed by atoms with van der Waals surface area (Å²) in [7, 11) is 0. The zero-order valence-corrected chi connectivity index (χ0v) is 16.1. The Morgan fingerprint density at radius 1 is 1.22 bits per heavy atom. The Hall–Kier alpha value is -2.73. The van der Waals surface area contributed by atoms with Crippen molar-refractivity contribution in [2.24, 2.45) is 0 Å². The number of hydrogen-bond acceptors (Lipinski definition) is 5. The van der Waals surface area contributed by atoms with E-state index in [0.29, 0.717) is 22.7 Å². The Morgan fingerprint density at radius 2 is 2.04 bits per heavy atom. The monoisotopic (exact) mass is 380 g/mol. The summed E-state index contributed by atoms with van der Waals surface area (Å²) in [5, 5.41) is 4.50. The summed E-state index contributed by atoms with van der Waals surface area (Å²) in [4.78, 5) is 30.9. The van der Waals surface area contributed by atoms with E-state index in [0.717, 1.165) is 41.4 Å². The Morgan fingerprint density at radius 3 is 2.85 bits per heavy atom. The number of amides is 1. The van der Waals surface area contributed by atoms with Crippen molar-refractivity contribution >= 4 is 39.1 Å². The molecule has 1 N–H and O–H groups in total. The topological polar surface area (TPSA) is 68.3 Å². The molecule has 1 aliphatic carbocycles. The molecule has 0 fully saturated rings. The van der Waals surface area contributed by atoms with Crippen molar-refractivity contribution < 1.29 is 14.3 Å². The van der Waals surface area contributed by atoms with Crippen molar-refractivity contribution in [2.45, 2.75) is 33.1 Å². The predicted octanol–water partition coefficient (Wildman–Crippen LogP) is 4.52. The molecule has 0 saturated heterocycles. The van der Waals surface area contributed by atoms with Crippen LogP contribution in [0.1, 0.15) is 50.2 Å². The molecule has 3 aromatic rings. The fourth-order valence-corrected chi connectivity index (χ4v) is 4.72. The second-order valence-corrected chi connectivity index (χ2v) is 7.70. The van der Waals surface area contributed by atoms with Crippen LogP contribution in [0.3, 0.4) is 0 Å². The van der Waals surface area contributed by atoms with Gasteiger partial charge in [0.05, 0.1) is 17.7 Å². The molecule has 138 valence electrons. The zero-order chi connectivity index (χ0) is 19.0. The van der Waals surface area contributed by atoms with Crippen LogP contribution < -0.4 is 5.32 Å². The number of fused-ring (bicyclic) bond motifs is 2. The number of nitrogens with zero attached hydrogens (tertiary/aromatic N) is 1. The second kappa shape index (κ2) is 7.12. The second-order valence-electron chi connectivity index (χ2n) is 6.60. The van der Waals surface area contributed by atoms with Crippen LogP contribution in [0.4, 0.5) is 5.00 Å². The first-order valence-corrected chi connectivity index (χ1v) is 9.89. The maximum Gasteiger partial charge on any atom is 0.341 e. The number of aromatic nitrogens is 1. The van der Waals surface area contributed by atoms with Gasteiger partial charge in [-0.1, -0.05) is 12.1 Å². The number of nitrogens with one attached hydrogen (secondary N) is 1. The van der Waals surface area contributed by atoms with Gasteiger partial charge in [0.2, 0.25) is 0 Å². The van der Waals surface area contributed by atoms with Crippen LogP contribution >= 0.6 is 11.3 Å². The fourth-order valence-electron chi connectivity index (χ4n) is 3.45. The molecular formula is C21H20N2O3S. The van der Waals surface area contributed by atoms with E-state index in [2.05, 4.69) is 10.3 Å². The van der Waals surface area contributed by atoms with Crippen molar-refractivity contribution in [3.05, 3.63) is 57.6 Å². The van der Waals surface area contributed by atoms with Crippen molar-refractivity contribution in [1.82, 2.24) is 4.98 Å². The minimum absolute atomic E-state index is 0.245. The van der Waals surface area contributed by atoms with Gasteiger partial charge in [-0.3, -0.25) is 9.78 Å². The third-order valence-electron chi connectivity index (χ3n) is 4.72. The maximum absolute atomic E-state index is 12.8. The molecule has 6 heteroatoms. The highest BCUT2D eigenvalue weighted by Gasteiger charge is 2.28. The standard InChI is InChI=1S/C21H20N2O3S/c1-3-26-21(25)18-15-5-4-6-17(15)27-20(18)23-19(24)14-10-9-13-8-7-12(2)22-16(13)11-14/h7-11H,3-6H2,1-2H3,(H,23,24). The fraction of sp³-hybridized carbons (Fsp3) is 0.286. The summed E-state index contributed by atoms with van der Waals surface area (Å²) in [6, 6.07) is 9.38. The van der Waals surface area contributed by atoms with Crippen molar-refractivity contribution in [2.75, 3.05) is 11.9 Å². The molecule has 2 aromatic heterocycles. The minimum Gasteiger partial charge on any atom is -0.462 e. The van der Waals surface area contributed by atoms with Gasteiger partial charge in [0.15, 0.2) is 0 Å². The number of thiophene rings is 1. The smallest absolute Gasteiger partial charge is 0.341 e. The number of hydrogen-bond donors (Lipinski definition) is 1. The summed E-state index contributed by atoms with van der Waals surface area (Å²) in [5.41, 5.74) is 3.76. The molecule has 1 aliphatic rings. The Kier molecular flexibility index (Phi) is 4.66. The van der Waals surface area contributed by atoms with E-state index in [1.807, 2.05) is 25.1 Å². The predicted molar refractivity (Wildman–Crippen MR) is 107 cm³/mol. The molecule has 1 aromatic carbocycles. The number of aryl methyl sites for hydroxylation is 2. The first-order valence-electron chi connectivity index (χ1n) is 9.07. The van der Waals surface area contributed by atoms with Gasteiger partial charge in [0.1, 0.15) is 5.00 Å². The third kappa shape index (κ3) is 3.32. The molecule has 0 bridgehead atoms. The molecule has 0 aliphatic heterocycles. The summed E-state index contributed by atoms with van der Waals surface area (Å²) < 4.78 is 5.22. The molecule has 27 heavy (non-hydrogen) atoms. The van der Waals surface area contributed by atoms with Gasteiger partial charge in [-0.2, -0.15) is 0 Å². The van der Waals surface area contributed by atoms with Crippen LogP contribution in [-0.4, -0.2) is 23.5 Å². The van der Waals surface area contributed by atoms with Gasteiger partial charge < -0.3 is 10.1 Å². The van der Waals surface area contributed by atoms with Gasteiger partial charge in [-0.05, 0) is 56.9 Å². The van der Waals surface area contributed by atoms with E-state index in [1.54, 1.807) is 19.1 Å². The van der Waals surface area contributed by atoms with Crippen LogP contribution in [0, 0.1) is 6.92 Å². The quantitative estimate of drug-likeness (QED) is 0.676. The Labute approximate surface area is 161 Å². The highest BCUT2D eigenvalue weighted by Crippen LogP contribution is 2.39. The van der Waals surface area contributed by atoms with E-state index in [4.69, 9.17) is 4.74 Å². The lowest BCUT2D eigenvalue weighted by molar-refractivity contribution is 0.0527. The molecule has 0 radical (unpaired) electrons. The van der Waals surface area contributed by atoms with Crippen LogP contribution in [0.5, 0.6) is 0 Å². The highest BCUT2D eigenvalue weighted by atomic mass is 32.1. The van der Waals surface area contributed by atoms with Gasteiger partial charge >= 0.3 is 5.97 Å². The molecule has 2 heterocycles. The first kappa shape index (κ1) is 17.7. The molecule has 0 saturated carbocycles. The lowest BCUT2D eigenvalue weighted by Crippen LogP contribution is -2.15. The van der Waals surface area contributed by atoms with Crippen molar-refractivity contribution in [3.8, 4) is 0 Å². The van der Waals surface area contributed by atoms with E-state index in [1.165, 1.54) is 16.2 Å². The SMILES string of the molecule is CCOC(=O)c1c(NC(=O)c2ccc3ccc(C)nc3c2)sc2c1CCC2. The molecule has 0 spiro atoms. The third-order valence-corrected chi connectivity index (χ3v) is 5.93. The van der Waals surface area contributed by atoms with Crippen molar-refractivity contribution in [3.63, 3.8) is 0 Å². The van der Waals surface area contributed by atoms with Gasteiger partial charge in [0.25, 0.3) is 5.91 Å². The first-order chi connectivity index (χ1) is 13.1. The van der Waals surface area contributed by atoms with Crippen LogP contribution in [0.25, 0.3) is 10.9 Å². The molecule has 0 atom stereocenters. The Balaban J connectivity index is 1.66. The Bertz CT molecular complexity index is 1060. The molecule has 5 nitrogen and oxygen atoms in total. The largest absolute Gasteiger partial charge is 0.462 e. The molecule has 1 amide bonds. The number of pyridine rings is 1.